The summed E-state index contributed by atoms with van der Waals surface area (Å²) >= 11 is 0. The van der Waals surface area contributed by atoms with Gasteiger partial charge in [0.15, 0.2) is 0 Å². The molecule has 0 aromatic heterocycles. The van der Waals surface area contributed by atoms with E-state index < -0.39 is 0 Å². The van der Waals surface area contributed by atoms with Crippen LogP contribution in [0.1, 0.15) is 38.5 Å². The van der Waals surface area contributed by atoms with Gasteiger partial charge < -0.3 is 9.84 Å². The van der Waals surface area contributed by atoms with Gasteiger partial charge in [-0.2, -0.15) is 0 Å². The van der Waals surface area contributed by atoms with E-state index in [-0.39, 0.29) is 6.10 Å². The van der Waals surface area contributed by atoms with E-state index in [4.69, 9.17) is 4.74 Å². The van der Waals surface area contributed by atoms with E-state index in [1.807, 2.05) is 0 Å². The van der Waals surface area contributed by atoms with Crippen LogP contribution in [0.15, 0.2) is 0 Å². The molecule has 0 amide bonds. The highest BCUT2D eigenvalue weighted by molar-refractivity contribution is 4.85. The largest absolute Gasteiger partial charge is 0.391 e. The number of aliphatic hydroxyl groups excluding tert-OH is 1. The molecule has 2 aliphatic rings. The highest BCUT2D eigenvalue weighted by atomic mass is 16.5. The Balaban J connectivity index is 1.79. The van der Waals surface area contributed by atoms with Gasteiger partial charge in [-0.05, 0) is 44.7 Å². The van der Waals surface area contributed by atoms with Crippen molar-refractivity contribution >= 4 is 0 Å². The van der Waals surface area contributed by atoms with Gasteiger partial charge in [-0.3, -0.25) is 4.90 Å². The van der Waals surface area contributed by atoms with Gasteiger partial charge in [0, 0.05) is 19.8 Å². The molecule has 2 rings (SSSR count). The molecule has 3 heteroatoms. The molecule has 16 heavy (non-hydrogen) atoms. The fourth-order valence-electron chi connectivity index (χ4n) is 3.20. The van der Waals surface area contributed by atoms with Gasteiger partial charge in [-0.1, -0.05) is 12.8 Å². The van der Waals surface area contributed by atoms with Crippen LogP contribution >= 0.6 is 0 Å². The molecule has 0 radical (unpaired) electrons. The summed E-state index contributed by atoms with van der Waals surface area (Å²) in [5.74, 6) is 0.738. The molecule has 1 N–H and O–H groups in total. The standard InChI is InChI=1S/C13H25NO2/c1-16-10-11-6-8-14(9-7-11)12-4-2-3-5-13(12)15/h11-13,15H,2-10H2,1H3/t12-,13-/m0/s1. The highest BCUT2D eigenvalue weighted by Gasteiger charge is 2.31. The minimum absolute atomic E-state index is 0.0762. The topological polar surface area (TPSA) is 32.7 Å². The van der Waals surface area contributed by atoms with E-state index in [2.05, 4.69) is 4.90 Å². The second-order valence-corrected chi connectivity index (χ2v) is 5.35. The number of ether oxygens (including phenoxy) is 1. The van der Waals surface area contributed by atoms with Crippen LogP contribution in [0.2, 0.25) is 0 Å². The average Bonchev–Trinajstić information content (AvgIpc) is 2.31. The Hall–Kier alpha value is -0.120. The van der Waals surface area contributed by atoms with Crippen molar-refractivity contribution in [2.75, 3.05) is 26.8 Å². The molecule has 1 aliphatic carbocycles. The zero-order valence-corrected chi connectivity index (χ0v) is 10.4. The summed E-state index contributed by atoms with van der Waals surface area (Å²) in [6, 6.07) is 0.442. The number of methoxy groups -OCH3 is 1. The summed E-state index contributed by atoms with van der Waals surface area (Å²) in [6.45, 7) is 3.20. The van der Waals surface area contributed by atoms with E-state index in [0.717, 1.165) is 32.0 Å². The van der Waals surface area contributed by atoms with Crippen LogP contribution in [-0.4, -0.2) is 49.0 Å². The zero-order valence-electron chi connectivity index (χ0n) is 10.4. The van der Waals surface area contributed by atoms with Crippen LogP contribution < -0.4 is 0 Å². The van der Waals surface area contributed by atoms with Crippen molar-refractivity contribution in [2.24, 2.45) is 5.92 Å². The number of nitrogens with zero attached hydrogens (tertiary/aromatic N) is 1. The molecule has 3 nitrogen and oxygen atoms in total. The van der Waals surface area contributed by atoms with Gasteiger partial charge in [0.2, 0.25) is 0 Å². The minimum Gasteiger partial charge on any atom is -0.391 e. The molecule has 0 aromatic rings. The predicted octanol–water partition coefficient (Wildman–Crippen LogP) is 1.65. The third-order valence-corrected chi connectivity index (χ3v) is 4.21. The molecule has 94 valence electrons. The smallest absolute Gasteiger partial charge is 0.0695 e. The molecule has 0 bridgehead atoms. The molecule has 1 saturated carbocycles. The predicted molar refractivity (Wildman–Crippen MR) is 64.4 cm³/mol. The average molecular weight is 227 g/mol. The van der Waals surface area contributed by atoms with E-state index in [1.54, 1.807) is 7.11 Å². The first-order valence-corrected chi connectivity index (χ1v) is 6.72. The molecular weight excluding hydrogens is 202 g/mol. The number of likely N-dealkylation sites (tertiary alicyclic amines) is 1. The second kappa shape index (κ2) is 5.99. The Morgan fingerprint density at radius 3 is 2.44 bits per heavy atom. The van der Waals surface area contributed by atoms with E-state index in [1.165, 1.54) is 32.1 Å². The number of aliphatic hydroxyl groups is 1. The van der Waals surface area contributed by atoms with Crippen LogP contribution in [0, 0.1) is 5.92 Å². The molecule has 1 heterocycles. The molecule has 0 unspecified atom stereocenters. The lowest BCUT2D eigenvalue weighted by molar-refractivity contribution is -0.00313. The van der Waals surface area contributed by atoms with Crippen molar-refractivity contribution in [1.29, 1.82) is 0 Å². The van der Waals surface area contributed by atoms with Crippen molar-refractivity contribution in [2.45, 2.75) is 50.7 Å². The number of hydrogen-bond donors (Lipinski definition) is 1. The first-order chi connectivity index (χ1) is 7.81. The van der Waals surface area contributed by atoms with Crippen molar-refractivity contribution < 1.29 is 9.84 Å². The SMILES string of the molecule is COCC1CCN([C@H]2CCCC[C@@H]2O)CC1. The Kier molecular flexibility index (Phi) is 4.62. The van der Waals surface area contributed by atoms with Crippen molar-refractivity contribution in [3.63, 3.8) is 0 Å². The fourth-order valence-corrected chi connectivity index (χ4v) is 3.20. The lowest BCUT2D eigenvalue weighted by Gasteiger charge is -2.41. The quantitative estimate of drug-likeness (QED) is 0.795. The summed E-state index contributed by atoms with van der Waals surface area (Å²) in [7, 11) is 1.79. The summed E-state index contributed by atoms with van der Waals surface area (Å²) in [4.78, 5) is 2.51. The van der Waals surface area contributed by atoms with Crippen LogP contribution in [0.25, 0.3) is 0 Å². The molecule has 1 saturated heterocycles. The second-order valence-electron chi connectivity index (χ2n) is 5.35. The third kappa shape index (κ3) is 2.96. The highest BCUT2D eigenvalue weighted by Crippen LogP contribution is 2.27. The van der Waals surface area contributed by atoms with Crippen molar-refractivity contribution in [3.8, 4) is 0 Å². The van der Waals surface area contributed by atoms with Crippen LogP contribution in [-0.2, 0) is 4.74 Å². The number of rotatable bonds is 3. The number of piperidine rings is 1. The summed E-state index contributed by atoms with van der Waals surface area (Å²) < 4.78 is 5.22. The Morgan fingerprint density at radius 2 is 1.81 bits per heavy atom. The lowest BCUT2D eigenvalue weighted by Crippen LogP contribution is -2.49. The maximum Gasteiger partial charge on any atom is 0.0695 e. The Bertz CT molecular complexity index is 202. The third-order valence-electron chi connectivity index (χ3n) is 4.21. The van der Waals surface area contributed by atoms with Gasteiger partial charge in [-0.25, -0.2) is 0 Å². The summed E-state index contributed by atoms with van der Waals surface area (Å²) in [6.07, 6.45) is 7.08. The molecule has 0 aromatic carbocycles. The minimum atomic E-state index is -0.0762. The van der Waals surface area contributed by atoms with E-state index in [0.29, 0.717) is 6.04 Å². The van der Waals surface area contributed by atoms with Crippen LogP contribution in [0.3, 0.4) is 0 Å². The van der Waals surface area contributed by atoms with Gasteiger partial charge in [0.05, 0.1) is 6.10 Å². The molecule has 2 fully saturated rings. The fraction of sp³-hybridized carbons (Fsp3) is 1.00. The van der Waals surface area contributed by atoms with Crippen molar-refractivity contribution in [1.82, 2.24) is 4.90 Å². The van der Waals surface area contributed by atoms with Crippen LogP contribution in [0.5, 0.6) is 0 Å². The lowest BCUT2D eigenvalue weighted by atomic mass is 9.88. The first-order valence-electron chi connectivity index (χ1n) is 6.72. The number of hydrogen-bond acceptors (Lipinski definition) is 3. The van der Waals surface area contributed by atoms with Gasteiger partial charge in [-0.15, -0.1) is 0 Å². The van der Waals surface area contributed by atoms with Crippen LogP contribution in [0.4, 0.5) is 0 Å². The van der Waals surface area contributed by atoms with Crippen molar-refractivity contribution in [3.05, 3.63) is 0 Å². The summed E-state index contributed by atoms with van der Waals surface area (Å²) in [5.41, 5.74) is 0. The van der Waals surface area contributed by atoms with Gasteiger partial charge in [0.1, 0.15) is 0 Å². The molecule has 2 atom stereocenters. The molecule has 1 aliphatic heterocycles. The van der Waals surface area contributed by atoms with E-state index in [9.17, 15) is 5.11 Å². The van der Waals surface area contributed by atoms with Gasteiger partial charge >= 0.3 is 0 Å². The first kappa shape index (κ1) is 12.3. The molecular formula is C13H25NO2. The summed E-state index contributed by atoms with van der Waals surface area (Å²) in [5, 5.41) is 10.0. The Morgan fingerprint density at radius 1 is 1.12 bits per heavy atom. The zero-order chi connectivity index (χ0) is 11.4. The monoisotopic (exact) mass is 227 g/mol. The molecule has 0 spiro atoms. The maximum absolute atomic E-state index is 10.0. The van der Waals surface area contributed by atoms with Gasteiger partial charge in [0.25, 0.3) is 0 Å². The van der Waals surface area contributed by atoms with E-state index >= 15 is 0 Å². The normalized spacial score (nSPS) is 34.1. The Labute approximate surface area is 98.8 Å². The maximum atomic E-state index is 10.0.